The van der Waals surface area contributed by atoms with Gasteiger partial charge < -0.3 is 33.9 Å². The van der Waals surface area contributed by atoms with E-state index in [0.717, 1.165) is 11.4 Å². The number of aromatic nitrogens is 1. The zero-order valence-corrected chi connectivity index (χ0v) is 17.1. The molecule has 9 nitrogen and oxygen atoms in total. The first-order chi connectivity index (χ1) is 14.6. The number of nitrogens with zero attached hydrogens (tertiary/aromatic N) is 2. The second-order valence-corrected chi connectivity index (χ2v) is 7.04. The smallest absolute Gasteiger partial charge is 0.339 e. The van der Waals surface area contributed by atoms with E-state index in [9.17, 15) is 4.79 Å². The highest BCUT2D eigenvalue weighted by atomic mass is 32.1. The lowest BCUT2D eigenvalue weighted by Crippen LogP contribution is -2.49. The highest BCUT2D eigenvalue weighted by molar-refractivity contribution is 7.80. The molecule has 0 saturated carbocycles. The van der Waals surface area contributed by atoms with E-state index in [1.165, 1.54) is 13.3 Å². The van der Waals surface area contributed by atoms with Crippen molar-refractivity contribution in [2.45, 2.75) is 6.10 Å². The lowest BCUT2D eigenvalue weighted by atomic mass is 10.2. The van der Waals surface area contributed by atoms with Crippen LogP contribution in [0.2, 0.25) is 0 Å². The molecule has 3 heterocycles. The summed E-state index contributed by atoms with van der Waals surface area (Å²) in [5.41, 5.74) is 1.16. The number of methoxy groups -OCH3 is 1. The number of rotatable bonds is 5. The number of pyridine rings is 1. The molecule has 4 rings (SSSR count). The van der Waals surface area contributed by atoms with Gasteiger partial charge in [-0.05, 0) is 30.4 Å². The van der Waals surface area contributed by atoms with Gasteiger partial charge in [0.2, 0.25) is 6.79 Å². The fourth-order valence-electron chi connectivity index (χ4n) is 3.10. The zero-order valence-electron chi connectivity index (χ0n) is 16.3. The molecule has 0 bridgehead atoms. The minimum Gasteiger partial charge on any atom is -0.489 e. The van der Waals surface area contributed by atoms with Crippen LogP contribution in [0.5, 0.6) is 17.2 Å². The van der Waals surface area contributed by atoms with Crippen molar-refractivity contribution in [1.29, 1.82) is 0 Å². The summed E-state index contributed by atoms with van der Waals surface area (Å²) < 4.78 is 27.0. The predicted octanol–water partition coefficient (Wildman–Crippen LogP) is 2.07. The van der Waals surface area contributed by atoms with Gasteiger partial charge in [-0.15, -0.1) is 0 Å². The Hall–Kier alpha value is -3.11. The SMILES string of the molecule is COC(=O)c1cncc(OCC2CN(C(=S)Nc3ccc4c(c3)OCO4)CCO2)c1. The fourth-order valence-corrected chi connectivity index (χ4v) is 3.38. The first kappa shape index (κ1) is 20.2. The molecule has 1 unspecified atom stereocenters. The van der Waals surface area contributed by atoms with E-state index in [1.54, 1.807) is 12.3 Å². The third-order valence-electron chi connectivity index (χ3n) is 4.62. The zero-order chi connectivity index (χ0) is 20.9. The van der Waals surface area contributed by atoms with Gasteiger partial charge >= 0.3 is 5.97 Å². The van der Waals surface area contributed by atoms with Crippen LogP contribution in [-0.4, -0.2) is 67.3 Å². The van der Waals surface area contributed by atoms with Crippen LogP contribution < -0.4 is 19.5 Å². The number of carbonyl (C=O) groups is 1. The van der Waals surface area contributed by atoms with E-state index in [1.807, 2.05) is 23.1 Å². The summed E-state index contributed by atoms with van der Waals surface area (Å²) in [5, 5.41) is 3.82. The van der Waals surface area contributed by atoms with E-state index in [2.05, 4.69) is 10.3 Å². The number of carbonyl (C=O) groups excluding carboxylic acids is 1. The maximum Gasteiger partial charge on any atom is 0.339 e. The number of hydrogen-bond donors (Lipinski definition) is 1. The monoisotopic (exact) mass is 431 g/mol. The fraction of sp³-hybridized carbons (Fsp3) is 0.350. The van der Waals surface area contributed by atoms with E-state index in [0.29, 0.717) is 48.5 Å². The molecular weight excluding hydrogens is 410 g/mol. The van der Waals surface area contributed by atoms with Crippen LogP contribution in [0.25, 0.3) is 0 Å². The maximum atomic E-state index is 11.6. The molecule has 0 radical (unpaired) electrons. The number of morpholine rings is 1. The highest BCUT2D eigenvalue weighted by Gasteiger charge is 2.24. The van der Waals surface area contributed by atoms with Gasteiger partial charge in [0.15, 0.2) is 16.6 Å². The van der Waals surface area contributed by atoms with Crippen LogP contribution in [0.3, 0.4) is 0 Å². The van der Waals surface area contributed by atoms with E-state index in [-0.39, 0.29) is 12.9 Å². The summed E-state index contributed by atoms with van der Waals surface area (Å²) in [6.07, 6.45) is 2.79. The molecule has 10 heteroatoms. The second-order valence-electron chi connectivity index (χ2n) is 6.65. The number of fused-ring (bicyclic) bond motifs is 1. The average Bonchev–Trinajstić information content (AvgIpc) is 3.25. The molecule has 0 spiro atoms. The van der Waals surface area contributed by atoms with Gasteiger partial charge in [-0.3, -0.25) is 4.98 Å². The Morgan fingerprint density at radius 1 is 1.30 bits per heavy atom. The van der Waals surface area contributed by atoms with Gasteiger partial charge in [0.25, 0.3) is 0 Å². The Balaban J connectivity index is 1.31. The molecule has 30 heavy (non-hydrogen) atoms. The molecule has 1 aromatic heterocycles. The van der Waals surface area contributed by atoms with Crippen LogP contribution in [0.4, 0.5) is 5.69 Å². The van der Waals surface area contributed by atoms with E-state index in [4.69, 9.17) is 35.9 Å². The topological polar surface area (TPSA) is 91.4 Å². The number of esters is 1. The van der Waals surface area contributed by atoms with Crippen molar-refractivity contribution in [3.8, 4) is 17.2 Å². The van der Waals surface area contributed by atoms with Crippen molar-refractivity contribution >= 4 is 29.0 Å². The number of anilines is 1. The summed E-state index contributed by atoms with van der Waals surface area (Å²) in [4.78, 5) is 17.7. The molecule has 1 atom stereocenters. The average molecular weight is 431 g/mol. The first-order valence-electron chi connectivity index (χ1n) is 9.36. The molecule has 1 aromatic carbocycles. The first-order valence-corrected chi connectivity index (χ1v) is 9.76. The normalized spacial score (nSPS) is 17.4. The molecule has 0 aliphatic carbocycles. The van der Waals surface area contributed by atoms with Crippen LogP contribution in [-0.2, 0) is 9.47 Å². The molecular formula is C20H21N3O6S. The Morgan fingerprint density at radius 3 is 3.03 bits per heavy atom. The number of thiocarbonyl (C=S) groups is 1. The van der Waals surface area contributed by atoms with Crippen molar-refractivity contribution in [3.63, 3.8) is 0 Å². The number of benzene rings is 1. The third kappa shape index (κ3) is 4.71. The van der Waals surface area contributed by atoms with E-state index < -0.39 is 5.97 Å². The lowest BCUT2D eigenvalue weighted by molar-refractivity contribution is -0.0280. The van der Waals surface area contributed by atoms with Gasteiger partial charge in [-0.1, -0.05) is 0 Å². The number of hydrogen-bond acceptors (Lipinski definition) is 8. The van der Waals surface area contributed by atoms with Gasteiger partial charge in [0, 0.05) is 31.0 Å². The van der Waals surface area contributed by atoms with Crippen LogP contribution in [0.1, 0.15) is 10.4 Å². The largest absolute Gasteiger partial charge is 0.489 e. The van der Waals surface area contributed by atoms with Crippen molar-refractivity contribution in [3.05, 3.63) is 42.2 Å². The van der Waals surface area contributed by atoms with Crippen molar-refractivity contribution < 1.29 is 28.5 Å². The Morgan fingerprint density at radius 2 is 2.17 bits per heavy atom. The summed E-state index contributed by atoms with van der Waals surface area (Å²) in [7, 11) is 1.32. The predicted molar refractivity (Wildman–Crippen MR) is 111 cm³/mol. The lowest BCUT2D eigenvalue weighted by Gasteiger charge is -2.34. The Kier molecular flexibility index (Phi) is 6.15. The molecule has 0 amide bonds. The molecule has 2 aliphatic rings. The quantitative estimate of drug-likeness (QED) is 0.560. The second kappa shape index (κ2) is 9.14. The van der Waals surface area contributed by atoms with Crippen LogP contribution in [0, 0.1) is 0 Å². The summed E-state index contributed by atoms with van der Waals surface area (Å²) in [6.45, 7) is 2.30. The molecule has 158 valence electrons. The molecule has 2 aromatic rings. The summed E-state index contributed by atoms with van der Waals surface area (Å²) in [6, 6.07) is 7.18. The number of nitrogens with one attached hydrogen (secondary N) is 1. The van der Waals surface area contributed by atoms with Gasteiger partial charge in [0.1, 0.15) is 18.5 Å². The summed E-state index contributed by atoms with van der Waals surface area (Å²) in [5.74, 6) is 1.42. The van der Waals surface area contributed by atoms with Gasteiger partial charge in [-0.25, -0.2) is 4.79 Å². The van der Waals surface area contributed by atoms with Crippen molar-refractivity contribution in [2.75, 3.05) is 45.5 Å². The summed E-state index contributed by atoms with van der Waals surface area (Å²) >= 11 is 5.56. The minimum absolute atomic E-state index is 0.183. The number of ether oxygens (including phenoxy) is 5. The van der Waals surface area contributed by atoms with Crippen molar-refractivity contribution in [1.82, 2.24) is 9.88 Å². The third-order valence-corrected chi connectivity index (χ3v) is 4.98. The van der Waals surface area contributed by atoms with Crippen LogP contribution in [0.15, 0.2) is 36.7 Å². The molecule has 1 N–H and O–H groups in total. The molecule has 1 fully saturated rings. The highest BCUT2D eigenvalue weighted by Crippen LogP contribution is 2.34. The maximum absolute atomic E-state index is 11.6. The van der Waals surface area contributed by atoms with Gasteiger partial charge in [-0.2, -0.15) is 0 Å². The Bertz CT molecular complexity index is 941. The minimum atomic E-state index is -0.465. The van der Waals surface area contributed by atoms with Crippen molar-refractivity contribution in [2.24, 2.45) is 0 Å². The van der Waals surface area contributed by atoms with Gasteiger partial charge in [0.05, 0.1) is 25.5 Å². The van der Waals surface area contributed by atoms with E-state index >= 15 is 0 Å². The molecule has 2 aliphatic heterocycles. The molecule has 1 saturated heterocycles. The standard InChI is InChI=1S/C20H21N3O6S/c1-25-19(24)13-6-15(9-21-8-13)27-11-16-10-23(4-5-26-16)20(30)22-14-2-3-17-18(7-14)29-12-28-17/h2-3,6-9,16H,4-5,10-12H2,1H3,(H,22,30). The van der Waals surface area contributed by atoms with Crippen LogP contribution >= 0.6 is 12.2 Å². The Labute approximate surface area is 178 Å².